The maximum absolute atomic E-state index is 12.6. The minimum atomic E-state index is -3.46. The van der Waals surface area contributed by atoms with Crippen molar-refractivity contribution < 1.29 is 8.42 Å². The Kier molecular flexibility index (Phi) is 5.09. The molecule has 0 radical (unpaired) electrons. The fourth-order valence-corrected chi connectivity index (χ4v) is 4.48. The molecule has 114 valence electrons. The van der Waals surface area contributed by atoms with E-state index in [-0.39, 0.29) is 10.9 Å². The first kappa shape index (κ1) is 15.8. The van der Waals surface area contributed by atoms with Crippen LogP contribution in [0.4, 0.5) is 0 Å². The second kappa shape index (κ2) is 6.45. The number of aromatic nitrogens is 2. The smallest absolute Gasteiger partial charge is 0.246 e. The Hall–Kier alpha value is -0.590. The molecular weight excluding hydrogens is 298 g/mol. The van der Waals surface area contributed by atoms with Gasteiger partial charge in [-0.2, -0.15) is 9.40 Å². The maximum atomic E-state index is 12.6. The van der Waals surface area contributed by atoms with Crippen LogP contribution < -0.4 is 0 Å². The second-order valence-electron chi connectivity index (χ2n) is 5.48. The van der Waals surface area contributed by atoms with Crippen LogP contribution in [0, 0.1) is 5.92 Å². The zero-order chi connectivity index (χ0) is 14.8. The van der Waals surface area contributed by atoms with E-state index in [0.29, 0.717) is 18.3 Å². The van der Waals surface area contributed by atoms with Crippen LogP contribution in [0.1, 0.15) is 32.6 Å². The number of aryl methyl sites for hydroxylation is 1. The van der Waals surface area contributed by atoms with E-state index in [4.69, 9.17) is 11.6 Å². The Morgan fingerprint density at radius 2 is 2.15 bits per heavy atom. The number of halogens is 1. The third-order valence-corrected chi connectivity index (χ3v) is 6.14. The lowest BCUT2D eigenvalue weighted by Gasteiger charge is -2.35. The van der Waals surface area contributed by atoms with Crippen LogP contribution in [0.15, 0.2) is 17.3 Å². The van der Waals surface area contributed by atoms with E-state index >= 15 is 0 Å². The minimum Gasteiger partial charge on any atom is -0.270 e. The van der Waals surface area contributed by atoms with Gasteiger partial charge in [-0.25, -0.2) is 8.42 Å². The highest BCUT2D eigenvalue weighted by Crippen LogP contribution is 2.30. The summed E-state index contributed by atoms with van der Waals surface area (Å²) in [6.07, 6.45) is 7.29. The van der Waals surface area contributed by atoms with Gasteiger partial charge in [0.2, 0.25) is 10.0 Å². The molecule has 0 amide bonds. The zero-order valence-corrected chi connectivity index (χ0v) is 13.6. The second-order valence-corrected chi connectivity index (χ2v) is 7.85. The molecule has 2 rings (SSSR count). The molecule has 0 aliphatic heterocycles. The van der Waals surface area contributed by atoms with Gasteiger partial charge in [0.15, 0.2) is 0 Å². The SMILES string of the molecule is CC1CCCCC1N(C)S(=O)(=O)c1cnn(CCCl)c1. The number of sulfonamides is 1. The van der Waals surface area contributed by atoms with Gasteiger partial charge in [0, 0.05) is 25.2 Å². The van der Waals surface area contributed by atoms with Crippen LogP contribution >= 0.6 is 11.6 Å². The predicted octanol–water partition coefficient (Wildman–Crippen LogP) is 2.32. The lowest BCUT2D eigenvalue weighted by Crippen LogP contribution is -2.42. The number of nitrogens with zero attached hydrogens (tertiary/aromatic N) is 3. The summed E-state index contributed by atoms with van der Waals surface area (Å²) in [6, 6.07) is 0.0881. The fraction of sp³-hybridized carbons (Fsp3) is 0.769. The van der Waals surface area contributed by atoms with Crippen molar-refractivity contribution in [2.75, 3.05) is 12.9 Å². The summed E-state index contributed by atoms with van der Waals surface area (Å²) in [7, 11) is -1.78. The van der Waals surface area contributed by atoms with Crippen molar-refractivity contribution >= 4 is 21.6 Å². The summed E-state index contributed by atoms with van der Waals surface area (Å²) in [5, 5.41) is 4.05. The molecule has 1 aliphatic carbocycles. The van der Waals surface area contributed by atoms with E-state index in [9.17, 15) is 8.42 Å². The molecule has 0 bridgehead atoms. The summed E-state index contributed by atoms with van der Waals surface area (Å²) >= 11 is 5.64. The van der Waals surface area contributed by atoms with Crippen LogP contribution in [-0.2, 0) is 16.6 Å². The van der Waals surface area contributed by atoms with Crippen molar-refractivity contribution in [3.05, 3.63) is 12.4 Å². The van der Waals surface area contributed by atoms with Crippen LogP contribution in [0.2, 0.25) is 0 Å². The third kappa shape index (κ3) is 3.18. The summed E-state index contributed by atoms with van der Waals surface area (Å²) < 4.78 is 28.4. The quantitative estimate of drug-likeness (QED) is 0.783. The topological polar surface area (TPSA) is 55.2 Å². The molecule has 1 fully saturated rings. The molecule has 0 saturated heterocycles. The lowest BCUT2D eigenvalue weighted by atomic mass is 9.86. The highest BCUT2D eigenvalue weighted by Gasteiger charge is 2.33. The van der Waals surface area contributed by atoms with Crippen LogP contribution in [0.25, 0.3) is 0 Å². The summed E-state index contributed by atoms with van der Waals surface area (Å²) in [5.74, 6) is 0.817. The standard InChI is InChI=1S/C13H22ClN3O2S/c1-11-5-3-4-6-13(11)16(2)20(18,19)12-9-15-17(10-12)8-7-14/h9-11,13H,3-8H2,1-2H3. The van der Waals surface area contributed by atoms with Gasteiger partial charge in [-0.1, -0.05) is 19.8 Å². The maximum Gasteiger partial charge on any atom is 0.246 e. The van der Waals surface area contributed by atoms with Crippen molar-refractivity contribution in [3.8, 4) is 0 Å². The molecule has 1 heterocycles. The first-order valence-electron chi connectivity index (χ1n) is 7.03. The third-order valence-electron chi connectivity index (χ3n) is 4.13. The average Bonchev–Trinajstić information content (AvgIpc) is 2.88. The average molecular weight is 320 g/mol. The Morgan fingerprint density at radius 3 is 2.80 bits per heavy atom. The normalized spacial score (nSPS) is 24.2. The Bertz CT molecular complexity index is 544. The number of rotatable bonds is 5. The van der Waals surface area contributed by atoms with Crippen molar-refractivity contribution in [3.63, 3.8) is 0 Å². The molecule has 1 aromatic heterocycles. The van der Waals surface area contributed by atoms with Gasteiger partial charge in [0.1, 0.15) is 4.90 Å². The van der Waals surface area contributed by atoms with Crippen LogP contribution in [-0.4, -0.2) is 41.5 Å². The van der Waals surface area contributed by atoms with E-state index in [1.807, 2.05) is 0 Å². The fourth-order valence-electron chi connectivity index (χ4n) is 2.87. The molecule has 20 heavy (non-hydrogen) atoms. The number of hydrogen-bond donors (Lipinski definition) is 0. The van der Waals surface area contributed by atoms with E-state index in [1.54, 1.807) is 17.9 Å². The highest BCUT2D eigenvalue weighted by atomic mass is 35.5. The van der Waals surface area contributed by atoms with Crippen molar-refractivity contribution in [1.29, 1.82) is 0 Å². The monoisotopic (exact) mass is 319 g/mol. The lowest BCUT2D eigenvalue weighted by molar-refractivity contribution is 0.213. The van der Waals surface area contributed by atoms with E-state index in [0.717, 1.165) is 19.3 Å². The molecule has 5 nitrogen and oxygen atoms in total. The molecule has 1 aromatic rings. The van der Waals surface area contributed by atoms with Crippen LogP contribution in [0.5, 0.6) is 0 Å². The van der Waals surface area contributed by atoms with Gasteiger partial charge in [0.25, 0.3) is 0 Å². The van der Waals surface area contributed by atoms with Gasteiger partial charge in [0.05, 0.1) is 12.7 Å². The molecule has 0 N–H and O–H groups in total. The molecule has 1 saturated carbocycles. The Morgan fingerprint density at radius 1 is 1.45 bits per heavy atom. The van der Waals surface area contributed by atoms with Gasteiger partial charge >= 0.3 is 0 Å². The summed E-state index contributed by atoms with van der Waals surface area (Å²) in [5.41, 5.74) is 0. The number of alkyl halides is 1. The molecule has 0 spiro atoms. The zero-order valence-electron chi connectivity index (χ0n) is 12.0. The molecule has 2 unspecified atom stereocenters. The molecule has 0 aromatic carbocycles. The summed E-state index contributed by atoms with van der Waals surface area (Å²) in [6.45, 7) is 2.65. The Balaban J connectivity index is 2.19. The molecule has 7 heteroatoms. The van der Waals surface area contributed by atoms with E-state index < -0.39 is 10.0 Å². The Labute approximate surface area is 126 Å². The van der Waals surface area contributed by atoms with Crippen molar-refractivity contribution in [2.45, 2.75) is 50.1 Å². The van der Waals surface area contributed by atoms with E-state index in [2.05, 4.69) is 12.0 Å². The van der Waals surface area contributed by atoms with Crippen molar-refractivity contribution in [2.24, 2.45) is 5.92 Å². The molecule has 2 atom stereocenters. The van der Waals surface area contributed by atoms with Gasteiger partial charge in [-0.15, -0.1) is 11.6 Å². The highest BCUT2D eigenvalue weighted by molar-refractivity contribution is 7.89. The van der Waals surface area contributed by atoms with Crippen LogP contribution in [0.3, 0.4) is 0 Å². The predicted molar refractivity (Wildman–Crippen MR) is 79.3 cm³/mol. The molecular formula is C13H22ClN3O2S. The number of hydrogen-bond acceptors (Lipinski definition) is 3. The molecule has 1 aliphatic rings. The summed E-state index contributed by atoms with van der Waals surface area (Å²) in [4.78, 5) is 0.253. The first-order valence-corrected chi connectivity index (χ1v) is 9.00. The van der Waals surface area contributed by atoms with Crippen molar-refractivity contribution in [1.82, 2.24) is 14.1 Å². The van der Waals surface area contributed by atoms with Gasteiger partial charge < -0.3 is 0 Å². The largest absolute Gasteiger partial charge is 0.270 e. The minimum absolute atomic E-state index is 0.0881. The van der Waals surface area contributed by atoms with Gasteiger partial charge in [-0.3, -0.25) is 4.68 Å². The van der Waals surface area contributed by atoms with Gasteiger partial charge in [-0.05, 0) is 18.8 Å². The first-order chi connectivity index (χ1) is 9.46. The van der Waals surface area contributed by atoms with E-state index in [1.165, 1.54) is 16.9 Å².